The summed E-state index contributed by atoms with van der Waals surface area (Å²) in [4.78, 5) is 13.6. The van der Waals surface area contributed by atoms with Gasteiger partial charge >= 0.3 is 6.18 Å². The molecule has 1 aromatic heterocycles. The highest BCUT2D eigenvalue weighted by Crippen LogP contribution is 2.34. The predicted molar refractivity (Wildman–Crippen MR) is 103 cm³/mol. The van der Waals surface area contributed by atoms with E-state index >= 15 is 0 Å². The van der Waals surface area contributed by atoms with Crippen LogP contribution in [0.1, 0.15) is 21.7 Å². The molecule has 0 bridgehead atoms. The van der Waals surface area contributed by atoms with Crippen LogP contribution in [0.3, 0.4) is 0 Å². The number of hydrogen-bond acceptors (Lipinski definition) is 4. The summed E-state index contributed by atoms with van der Waals surface area (Å²) in [7, 11) is -4.27. The molecule has 0 atom stereocenters. The molecular weight excluding hydrogens is 421 g/mol. The number of fused-ring (bicyclic) bond motifs is 1. The zero-order chi connectivity index (χ0) is 21.5. The fraction of sp³-hybridized carbons (Fsp3) is 0.150. The number of nitrogens with one attached hydrogen (secondary N) is 1. The number of rotatable bonds is 4. The van der Waals surface area contributed by atoms with Gasteiger partial charge in [0, 0.05) is 12.2 Å². The van der Waals surface area contributed by atoms with Gasteiger partial charge in [0.1, 0.15) is 0 Å². The van der Waals surface area contributed by atoms with Crippen LogP contribution >= 0.6 is 0 Å². The van der Waals surface area contributed by atoms with Crippen molar-refractivity contribution in [2.24, 2.45) is 0 Å². The van der Waals surface area contributed by atoms with Crippen LogP contribution in [-0.2, 0) is 22.6 Å². The molecule has 10 heteroatoms. The van der Waals surface area contributed by atoms with Crippen LogP contribution in [0.2, 0.25) is 0 Å². The molecule has 0 radical (unpaired) electrons. The topological polar surface area (TPSA) is 79.6 Å². The summed E-state index contributed by atoms with van der Waals surface area (Å²) < 4.78 is 71.4. The molecule has 156 valence electrons. The number of halogens is 3. The van der Waals surface area contributed by atoms with Gasteiger partial charge in [0.05, 0.1) is 22.4 Å². The van der Waals surface area contributed by atoms with Gasteiger partial charge in [-0.05, 0) is 54.4 Å². The molecule has 30 heavy (non-hydrogen) atoms. The quantitative estimate of drug-likeness (QED) is 0.661. The molecule has 1 N–H and O–H groups in total. The van der Waals surface area contributed by atoms with E-state index in [-0.39, 0.29) is 17.4 Å². The average molecular weight is 436 g/mol. The van der Waals surface area contributed by atoms with Crippen LogP contribution in [0, 0.1) is 0 Å². The number of hydrogen-bond donors (Lipinski definition) is 1. The van der Waals surface area contributed by atoms with Crippen molar-refractivity contribution in [2.75, 3.05) is 16.2 Å². The Balaban J connectivity index is 1.62. The van der Waals surface area contributed by atoms with E-state index in [0.29, 0.717) is 24.7 Å². The fourth-order valence-corrected chi connectivity index (χ4v) is 4.34. The minimum absolute atomic E-state index is 0.130. The van der Waals surface area contributed by atoms with E-state index in [1.165, 1.54) is 29.4 Å². The summed E-state index contributed by atoms with van der Waals surface area (Å²) in [5.74, 6) is -0.213. The van der Waals surface area contributed by atoms with Crippen molar-refractivity contribution in [2.45, 2.75) is 17.5 Å². The third-order valence-corrected chi connectivity index (χ3v) is 6.06. The maximum Gasteiger partial charge on any atom is 0.416 e. The zero-order valence-electron chi connectivity index (χ0n) is 15.3. The van der Waals surface area contributed by atoms with Gasteiger partial charge in [-0.15, -0.1) is 0 Å². The number of benzene rings is 2. The summed E-state index contributed by atoms with van der Waals surface area (Å²) in [5, 5.41) is 0. The van der Waals surface area contributed by atoms with E-state index in [9.17, 15) is 26.4 Å². The van der Waals surface area contributed by atoms with E-state index in [1.54, 1.807) is 12.1 Å². The highest BCUT2D eigenvalue weighted by atomic mass is 32.2. The average Bonchev–Trinajstić information content (AvgIpc) is 3.36. The second kappa shape index (κ2) is 7.21. The van der Waals surface area contributed by atoms with Gasteiger partial charge in [0.2, 0.25) is 0 Å². The summed E-state index contributed by atoms with van der Waals surface area (Å²) in [5.41, 5.74) is 0.428. The maximum atomic E-state index is 12.9. The van der Waals surface area contributed by atoms with E-state index in [0.717, 1.165) is 23.8 Å². The predicted octanol–water partition coefficient (Wildman–Crippen LogP) is 4.30. The first-order valence-electron chi connectivity index (χ1n) is 8.83. The molecule has 0 spiro atoms. The lowest BCUT2D eigenvalue weighted by atomic mass is 10.1. The Morgan fingerprint density at radius 3 is 2.57 bits per heavy atom. The van der Waals surface area contributed by atoms with Crippen LogP contribution in [0.15, 0.2) is 70.2 Å². The van der Waals surface area contributed by atoms with Crippen molar-refractivity contribution in [1.82, 2.24) is 0 Å². The monoisotopic (exact) mass is 436 g/mol. The van der Waals surface area contributed by atoms with E-state index in [4.69, 9.17) is 4.42 Å². The molecule has 1 amide bonds. The van der Waals surface area contributed by atoms with Gasteiger partial charge in [0.25, 0.3) is 15.9 Å². The number of anilines is 2. The summed E-state index contributed by atoms with van der Waals surface area (Å²) >= 11 is 0. The van der Waals surface area contributed by atoms with Crippen molar-refractivity contribution in [3.8, 4) is 0 Å². The number of nitrogens with zero attached hydrogens (tertiary/aromatic N) is 1. The first-order valence-corrected chi connectivity index (χ1v) is 10.3. The van der Waals surface area contributed by atoms with Gasteiger partial charge in [0.15, 0.2) is 5.76 Å². The normalized spacial score (nSPS) is 13.9. The molecular formula is C20H15F3N2O4S. The molecule has 6 nitrogen and oxygen atoms in total. The molecule has 1 aliphatic rings. The molecule has 4 rings (SSSR count). The van der Waals surface area contributed by atoms with Crippen LogP contribution in [0.5, 0.6) is 0 Å². The van der Waals surface area contributed by atoms with E-state index in [2.05, 4.69) is 4.72 Å². The SMILES string of the molecule is O=C(c1ccco1)N1CCc2ccc(NS(=O)(=O)c3cccc(C(F)(F)F)c3)cc21. The van der Waals surface area contributed by atoms with Crippen molar-refractivity contribution in [1.29, 1.82) is 0 Å². The van der Waals surface area contributed by atoms with Crippen molar-refractivity contribution >= 4 is 27.3 Å². The van der Waals surface area contributed by atoms with Crippen LogP contribution < -0.4 is 9.62 Å². The number of furan rings is 1. The zero-order valence-corrected chi connectivity index (χ0v) is 16.1. The van der Waals surface area contributed by atoms with Gasteiger partial charge in [-0.25, -0.2) is 8.42 Å². The molecule has 0 fully saturated rings. The Morgan fingerprint density at radius 2 is 1.87 bits per heavy atom. The lowest BCUT2D eigenvalue weighted by Gasteiger charge is -2.17. The Hall–Kier alpha value is -3.27. The molecule has 2 aromatic carbocycles. The molecule has 3 aromatic rings. The third kappa shape index (κ3) is 3.78. The minimum atomic E-state index is -4.66. The Labute approximate surface area is 170 Å². The Morgan fingerprint density at radius 1 is 1.07 bits per heavy atom. The molecule has 0 unspecified atom stereocenters. The second-order valence-electron chi connectivity index (χ2n) is 6.66. The second-order valence-corrected chi connectivity index (χ2v) is 8.34. The first-order chi connectivity index (χ1) is 14.1. The molecule has 0 aliphatic carbocycles. The van der Waals surface area contributed by atoms with Crippen LogP contribution in [-0.4, -0.2) is 20.9 Å². The fourth-order valence-electron chi connectivity index (χ4n) is 3.24. The highest BCUT2D eigenvalue weighted by molar-refractivity contribution is 7.92. The van der Waals surface area contributed by atoms with Gasteiger partial charge in [-0.2, -0.15) is 13.2 Å². The van der Waals surface area contributed by atoms with Gasteiger partial charge < -0.3 is 9.32 Å². The Bertz CT molecular complexity index is 1210. The third-order valence-electron chi connectivity index (χ3n) is 4.68. The van der Waals surface area contributed by atoms with Crippen LogP contribution in [0.25, 0.3) is 0 Å². The van der Waals surface area contributed by atoms with E-state index in [1.807, 2.05) is 0 Å². The summed E-state index contributed by atoms with van der Waals surface area (Å²) in [6.07, 6.45) is -2.70. The maximum absolute atomic E-state index is 12.9. The summed E-state index contributed by atoms with van der Waals surface area (Å²) in [6, 6.07) is 11.3. The first kappa shape index (κ1) is 20.0. The van der Waals surface area contributed by atoms with Gasteiger partial charge in [-0.1, -0.05) is 12.1 Å². The van der Waals surface area contributed by atoms with Crippen molar-refractivity contribution < 1.29 is 30.8 Å². The van der Waals surface area contributed by atoms with Crippen molar-refractivity contribution in [3.63, 3.8) is 0 Å². The largest absolute Gasteiger partial charge is 0.459 e. The summed E-state index contributed by atoms with van der Waals surface area (Å²) in [6.45, 7) is 0.401. The lowest BCUT2D eigenvalue weighted by Crippen LogP contribution is -2.28. The number of carbonyl (C=O) groups is 1. The van der Waals surface area contributed by atoms with Crippen LogP contribution in [0.4, 0.5) is 24.5 Å². The molecule has 0 saturated heterocycles. The number of amides is 1. The van der Waals surface area contributed by atoms with Gasteiger partial charge in [-0.3, -0.25) is 9.52 Å². The molecule has 1 aliphatic heterocycles. The molecule has 0 saturated carbocycles. The molecule has 2 heterocycles. The number of alkyl halides is 3. The lowest BCUT2D eigenvalue weighted by molar-refractivity contribution is -0.137. The van der Waals surface area contributed by atoms with E-state index < -0.39 is 26.7 Å². The highest BCUT2D eigenvalue weighted by Gasteiger charge is 2.32. The number of sulfonamides is 1. The standard InChI is InChI=1S/C20H15F3N2O4S/c21-20(22,23)14-3-1-4-16(11-14)30(27,28)24-15-7-6-13-8-9-25(17(13)12-15)19(26)18-5-2-10-29-18/h1-7,10-12,24H,8-9H2. The Kier molecular flexibility index (Phi) is 4.81. The smallest absolute Gasteiger partial charge is 0.416 e. The van der Waals surface area contributed by atoms with Crippen molar-refractivity contribution in [3.05, 3.63) is 77.7 Å². The number of carbonyl (C=O) groups excluding carboxylic acids is 1. The minimum Gasteiger partial charge on any atom is -0.459 e.